The lowest BCUT2D eigenvalue weighted by Gasteiger charge is -2.40. The zero-order valence-corrected chi connectivity index (χ0v) is 18.2. The third kappa shape index (κ3) is 3.51. The Morgan fingerprint density at radius 3 is 2.52 bits per heavy atom. The Kier molecular flexibility index (Phi) is 4.88. The summed E-state index contributed by atoms with van der Waals surface area (Å²) in [6, 6.07) is 20.5. The van der Waals surface area contributed by atoms with Crippen molar-refractivity contribution in [3.8, 4) is 22.5 Å². The summed E-state index contributed by atoms with van der Waals surface area (Å²) in [5.74, 6) is 1.55. The molecule has 33 heavy (non-hydrogen) atoms. The lowest BCUT2D eigenvalue weighted by atomic mass is 9.72. The first-order valence-corrected chi connectivity index (χ1v) is 10.8. The maximum Gasteiger partial charge on any atom is 0.150 e. The van der Waals surface area contributed by atoms with E-state index in [2.05, 4.69) is 41.4 Å². The smallest absolute Gasteiger partial charge is 0.150 e. The van der Waals surface area contributed by atoms with Gasteiger partial charge in [-0.15, -0.1) is 0 Å². The van der Waals surface area contributed by atoms with Gasteiger partial charge in [-0.25, -0.2) is 15.0 Å². The number of imidazole rings is 1. The van der Waals surface area contributed by atoms with Crippen LogP contribution in [0.5, 0.6) is 0 Å². The molecular weight excluding hydrogens is 414 g/mol. The van der Waals surface area contributed by atoms with Crippen LogP contribution in [0.25, 0.3) is 38.9 Å². The third-order valence-electron chi connectivity index (χ3n) is 6.38. The molecule has 0 bridgehead atoms. The molecule has 3 aromatic heterocycles. The first-order valence-electron chi connectivity index (χ1n) is 10.8. The Balaban J connectivity index is 0.00000228. The summed E-state index contributed by atoms with van der Waals surface area (Å²) in [4.78, 5) is 14.2. The van der Waals surface area contributed by atoms with E-state index in [1.54, 1.807) is 6.20 Å². The van der Waals surface area contributed by atoms with E-state index < -0.39 is 5.60 Å². The molecule has 7 heteroatoms. The van der Waals surface area contributed by atoms with Crippen molar-refractivity contribution in [1.29, 1.82) is 0 Å². The van der Waals surface area contributed by atoms with Crippen LogP contribution < -0.4 is 5.73 Å². The highest BCUT2D eigenvalue weighted by atomic mass is 16.3. The molecule has 1 aliphatic rings. The lowest BCUT2D eigenvalue weighted by molar-refractivity contribution is -0.0335. The molecule has 7 nitrogen and oxygen atoms in total. The Bertz CT molecular complexity index is 1470. The summed E-state index contributed by atoms with van der Waals surface area (Å²) in [5, 5.41) is 11.3. The molecule has 1 aliphatic carbocycles. The van der Waals surface area contributed by atoms with Gasteiger partial charge in [-0.05, 0) is 31.9 Å². The Hall–Kier alpha value is -3.81. The van der Waals surface area contributed by atoms with Crippen molar-refractivity contribution >= 4 is 22.2 Å². The number of rotatable bonds is 3. The van der Waals surface area contributed by atoms with Gasteiger partial charge in [0.25, 0.3) is 0 Å². The molecular formula is C26H25N5O2. The summed E-state index contributed by atoms with van der Waals surface area (Å²) in [6.07, 6.45) is 4.97. The number of aromatic nitrogens is 4. The van der Waals surface area contributed by atoms with Crippen LogP contribution in [0.15, 0.2) is 73.1 Å². The number of hydrogen-bond acceptors (Lipinski definition) is 5. The highest BCUT2D eigenvalue weighted by molar-refractivity contribution is 5.91. The van der Waals surface area contributed by atoms with E-state index in [9.17, 15) is 5.11 Å². The number of nitrogens with two attached hydrogens (primary N) is 1. The van der Waals surface area contributed by atoms with Crippen LogP contribution in [0.3, 0.4) is 0 Å². The van der Waals surface area contributed by atoms with E-state index in [0.29, 0.717) is 18.7 Å². The van der Waals surface area contributed by atoms with Crippen molar-refractivity contribution in [1.82, 2.24) is 19.4 Å². The number of fused-ring (bicyclic) bond motifs is 2. The fourth-order valence-corrected chi connectivity index (χ4v) is 4.79. The number of hydrogen-bond donors (Lipinski definition) is 2. The van der Waals surface area contributed by atoms with E-state index in [-0.39, 0.29) is 11.4 Å². The molecule has 1 saturated carbocycles. The van der Waals surface area contributed by atoms with Gasteiger partial charge in [0, 0.05) is 34.8 Å². The molecule has 2 aromatic carbocycles. The summed E-state index contributed by atoms with van der Waals surface area (Å²) in [7, 11) is 0. The molecule has 5 N–H and O–H groups in total. The van der Waals surface area contributed by atoms with Crippen molar-refractivity contribution in [3.05, 3.63) is 78.9 Å². The van der Waals surface area contributed by atoms with Gasteiger partial charge >= 0.3 is 0 Å². The van der Waals surface area contributed by atoms with E-state index >= 15 is 0 Å². The molecule has 0 aliphatic heterocycles. The van der Waals surface area contributed by atoms with Crippen molar-refractivity contribution in [2.24, 2.45) is 0 Å². The molecule has 6 rings (SSSR count). The van der Waals surface area contributed by atoms with Crippen molar-refractivity contribution < 1.29 is 10.6 Å². The maximum atomic E-state index is 10.3. The second kappa shape index (κ2) is 7.65. The van der Waals surface area contributed by atoms with Gasteiger partial charge in [0.1, 0.15) is 22.9 Å². The molecule has 0 atom stereocenters. The molecule has 0 radical (unpaired) electrons. The largest absolute Gasteiger partial charge is 0.412 e. The van der Waals surface area contributed by atoms with Gasteiger partial charge in [0.15, 0.2) is 0 Å². The van der Waals surface area contributed by atoms with E-state index in [1.807, 2.05) is 41.8 Å². The molecule has 0 saturated heterocycles. The second-order valence-corrected chi connectivity index (χ2v) is 8.92. The van der Waals surface area contributed by atoms with Gasteiger partial charge in [-0.2, -0.15) is 0 Å². The quantitative estimate of drug-likeness (QED) is 0.440. The van der Waals surface area contributed by atoms with Crippen LogP contribution in [-0.4, -0.2) is 35.5 Å². The summed E-state index contributed by atoms with van der Waals surface area (Å²) in [6.45, 7) is 1.87. The van der Waals surface area contributed by atoms with Gasteiger partial charge in [0.05, 0.1) is 16.8 Å². The monoisotopic (exact) mass is 439 g/mol. The number of aliphatic hydroxyl groups is 1. The van der Waals surface area contributed by atoms with Crippen molar-refractivity contribution in [2.45, 2.75) is 31.3 Å². The van der Waals surface area contributed by atoms with Crippen LogP contribution in [0.4, 0.5) is 5.82 Å². The molecule has 0 spiro atoms. The zero-order valence-electron chi connectivity index (χ0n) is 18.2. The van der Waals surface area contributed by atoms with Crippen molar-refractivity contribution in [2.75, 3.05) is 5.73 Å². The van der Waals surface area contributed by atoms with Crippen LogP contribution in [0, 0.1) is 0 Å². The Morgan fingerprint density at radius 2 is 1.76 bits per heavy atom. The fourth-order valence-electron chi connectivity index (χ4n) is 4.79. The average molecular weight is 440 g/mol. The highest BCUT2D eigenvalue weighted by Crippen LogP contribution is 2.45. The first kappa shape index (κ1) is 21.1. The van der Waals surface area contributed by atoms with Gasteiger partial charge in [-0.3, -0.25) is 4.40 Å². The number of benzene rings is 2. The predicted octanol–water partition coefficient (Wildman–Crippen LogP) is 4.00. The minimum Gasteiger partial charge on any atom is -0.412 e. The van der Waals surface area contributed by atoms with E-state index in [4.69, 9.17) is 15.7 Å². The lowest BCUT2D eigenvalue weighted by Crippen LogP contribution is -2.40. The zero-order chi connectivity index (χ0) is 21.9. The van der Waals surface area contributed by atoms with Crippen LogP contribution in [-0.2, 0) is 0 Å². The Morgan fingerprint density at radius 1 is 1.00 bits per heavy atom. The third-order valence-corrected chi connectivity index (χ3v) is 6.38. The fraction of sp³-hybridized carbons (Fsp3) is 0.192. The Labute approximate surface area is 190 Å². The van der Waals surface area contributed by atoms with Crippen LogP contribution in [0.2, 0.25) is 0 Å². The predicted molar refractivity (Wildman–Crippen MR) is 130 cm³/mol. The molecule has 166 valence electrons. The van der Waals surface area contributed by atoms with Crippen LogP contribution in [0.1, 0.15) is 31.5 Å². The van der Waals surface area contributed by atoms with Gasteiger partial charge in [-0.1, -0.05) is 48.5 Å². The highest BCUT2D eigenvalue weighted by Gasteiger charge is 2.41. The molecule has 5 aromatic rings. The number of pyridine rings is 1. The molecule has 3 heterocycles. The number of nitrogens with zero attached hydrogens (tertiary/aromatic N) is 4. The maximum absolute atomic E-state index is 10.3. The van der Waals surface area contributed by atoms with Gasteiger partial charge < -0.3 is 16.3 Å². The normalized spacial score (nSPS) is 19.9. The minimum absolute atomic E-state index is 0. The number of anilines is 1. The van der Waals surface area contributed by atoms with E-state index in [1.165, 1.54) is 0 Å². The minimum atomic E-state index is -0.629. The summed E-state index contributed by atoms with van der Waals surface area (Å²) in [5.41, 5.74) is 11.1. The number of nitrogen functional groups attached to an aromatic ring is 1. The summed E-state index contributed by atoms with van der Waals surface area (Å²) >= 11 is 0. The molecule has 1 fully saturated rings. The van der Waals surface area contributed by atoms with Crippen LogP contribution >= 0.6 is 0 Å². The molecule has 0 unspecified atom stereocenters. The van der Waals surface area contributed by atoms with Gasteiger partial charge in [0.2, 0.25) is 0 Å². The second-order valence-electron chi connectivity index (χ2n) is 8.92. The van der Waals surface area contributed by atoms with E-state index in [0.717, 1.165) is 44.8 Å². The molecule has 0 amide bonds. The SMILES string of the molecule is CC1(O)CC(c2nc(-c3ccc4ccc(-c5ccccc5)nc4c3)c3c(N)nccn23)C1.O. The van der Waals surface area contributed by atoms with Crippen molar-refractivity contribution in [3.63, 3.8) is 0 Å². The topological polar surface area (TPSA) is 121 Å². The average Bonchev–Trinajstić information content (AvgIpc) is 3.18. The standard InChI is InChI=1S/C26H23N5O.H2O/c1-26(32)14-19(15-26)25-30-22(23-24(27)28-11-12-31(23)25)18-8-7-17-9-10-20(29-21(17)13-18)16-5-3-2-4-6-16;/h2-13,19,32H,14-15H2,1H3,(H2,27,28);1H2. The first-order chi connectivity index (χ1) is 15.5. The summed E-state index contributed by atoms with van der Waals surface area (Å²) < 4.78 is 2.02.